The van der Waals surface area contributed by atoms with E-state index in [0.29, 0.717) is 47.6 Å². The molecule has 0 saturated heterocycles. The van der Waals surface area contributed by atoms with Crippen molar-refractivity contribution in [1.82, 2.24) is 0 Å². The van der Waals surface area contributed by atoms with Crippen LogP contribution in [0, 0.1) is 51.2 Å². The molecule has 5 saturated carbocycles. The summed E-state index contributed by atoms with van der Waals surface area (Å²) in [6.07, 6.45) is 7.99. The highest BCUT2D eigenvalue weighted by Crippen LogP contribution is 2.79. The number of ketones is 2. The van der Waals surface area contributed by atoms with E-state index < -0.39 is 5.60 Å². The lowest BCUT2D eigenvalue weighted by Crippen LogP contribution is -2.60. The Morgan fingerprint density at radius 2 is 1.70 bits per heavy atom. The van der Waals surface area contributed by atoms with Crippen LogP contribution in [0.1, 0.15) is 92.9 Å². The van der Waals surface area contributed by atoms with Gasteiger partial charge in [-0.25, -0.2) is 0 Å². The van der Waals surface area contributed by atoms with Crippen molar-refractivity contribution in [1.29, 1.82) is 0 Å². The Kier molecular flexibility index (Phi) is 4.23. The van der Waals surface area contributed by atoms with E-state index in [-0.39, 0.29) is 21.7 Å². The second kappa shape index (κ2) is 6.00. The van der Waals surface area contributed by atoms with Gasteiger partial charge in [-0.3, -0.25) is 9.59 Å². The van der Waals surface area contributed by atoms with E-state index >= 15 is 0 Å². The Labute approximate surface area is 183 Å². The van der Waals surface area contributed by atoms with Crippen LogP contribution in [0.25, 0.3) is 0 Å². The third-order valence-electron chi connectivity index (χ3n) is 12.0. The molecular formula is C27H42O3. The molecule has 0 radical (unpaired) electrons. The van der Waals surface area contributed by atoms with Crippen molar-refractivity contribution >= 4 is 11.6 Å². The Balaban J connectivity index is 1.55. The molecule has 9 atom stereocenters. The first kappa shape index (κ1) is 21.2. The van der Waals surface area contributed by atoms with Gasteiger partial charge in [0.05, 0.1) is 0 Å². The molecule has 168 valence electrons. The standard InChI is InChI=1S/C27H42O3/c1-8-20(28)27(30-7)12-10-18-17-14-23(2,3)19-13-21(29)25(5)15-26(25,6)22(19)16(17)9-11-24(18,27)4/h16-19,22H,8-15H2,1-7H3/t16?,17?,18?,19?,22?,24-,25?,26?,27-/m0/s1. The summed E-state index contributed by atoms with van der Waals surface area (Å²) in [6, 6.07) is 0. The molecule has 3 nitrogen and oxygen atoms in total. The first-order valence-corrected chi connectivity index (χ1v) is 12.5. The second-order valence-corrected chi connectivity index (χ2v) is 13.1. The van der Waals surface area contributed by atoms with Gasteiger partial charge >= 0.3 is 0 Å². The minimum absolute atomic E-state index is 0.0445. The largest absolute Gasteiger partial charge is 0.370 e. The molecule has 5 fully saturated rings. The van der Waals surface area contributed by atoms with Crippen LogP contribution in [-0.4, -0.2) is 24.3 Å². The average Bonchev–Trinajstić information content (AvgIpc) is 3.14. The fraction of sp³-hybridized carbons (Fsp3) is 0.926. The number of Topliss-reactive ketones (excluding diaryl/α,β-unsaturated/α-hetero) is 2. The Bertz CT molecular complexity index is 800. The van der Waals surface area contributed by atoms with E-state index in [1.54, 1.807) is 7.11 Å². The average molecular weight is 415 g/mol. The van der Waals surface area contributed by atoms with Crippen LogP contribution in [0.15, 0.2) is 0 Å². The summed E-state index contributed by atoms with van der Waals surface area (Å²) in [4.78, 5) is 26.2. The monoisotopic (exact) mass is 414 g/mol. The normalized spacial score (nSPS) is 55.8. The smallest absolute Gasteiger partial charge is 0.164 e. The predicted molar refractivity (Wildman–Crippen MR) is 118 cm³/mol. The van der Waals surface area contributed by atoms with Crippen molar-refractivity contribution in [3.63, 3.8) is 0 Å². The van der Waals surface area contributed by atoms with E-state index in [1.807, 2.05) is 6.92 Å². The quantitative estimate of drug-likeness (QED) is 0.582. The van der Waals surface area contributed by atoms with Gasteiger partial charge in [0.25, 0.3) is 0 Å². The van der Waals surface area contributed by atoms with E-state index in [1.165, 1.54) is 12.8 Å². The van der Waals surface area contributed by atoms with Crippen molar-refractivity contribution in [3.05, 3.63) is 0 Å². The van der Waals surface area contributed by atoms with Crippen LogP contribution >= 0.6 is 0 Å². The predicted octanol–water partition coefficient (Wildman–Crippen LogP) is 5.84. The molecule has 3 heteroatoms. The van der Waals surface area contributed by atoms with Crippen LogP contribution in [0.2, 0.25) is 0 Å². The molecule has 0 aromatic carbocycles. The molecule has 30 heavy (non-hydrogen) atoms. The highest BCUT2D eigenvalue weighted by atomic mass is 16.5. The third-order valence-corrected chi connectivity index (χ3v) is 12.0. The zero-order valence-electron chi connectivity index (χ0n) is 20.3. The number of rotatable bonds is 3. The highest BCUT2D eigenvalue weighted by molar-refractivity contribution is 5.90. The maximum absolute atomic E-state index is 13.2. The molecule has 0 aliphatic heterocycles. The Hall–Kier alpha value is -0.700. The van der Waals surface area contributed by atoms with Gasteiger partial charge in [0.1, 0.15) is 11.4 Å². The zero-order chi connectivity index (χ0) is 21.9. The molecule has 7 unspecified atom stereocenters. The lowest BCUT2D eigenvalue weighted by molar-refractivity contribution is -0.183. The molecule has 0 amide bonds. The van der Waals surface area contributed by atoms with Gasteiger partial charge in [0, 0.05) is 30.8 Å². The molecule has 0 spiro atoms. The maximum Gasteiger partial charge on any atom is 0.164 e. The van der Waals surface area contributed by atoms with Crippen molar-refractivity contribution < 1.29 is 14.3 Å². The van der Waals surface area contributed by atoms with E-state index in [4.69, 9.17) is 4.74 Å². The molecule has 0 heterocycles. The van der Waals surface area contributed by atoms with Crippen molar-refractivity contribution in [2.45, 2.75) is 98.5 Å². The summed E-state index contributed by atoms with van der Waals surface area (Å²) < 4.78 is 6.15. The maximum atomic E-state index is 13.2. The number of carbonyl (C=O) groups is 2. The molecule has 5 rings (SSSR count). The summed E-state index contributed by atoms with van der Waals surface area (Å²) in [6.45, 7) is 13.9. The van der Waals surface area contributed by atoms with E-state index in [9.17, 15) is 9.59 Å². The van der Waals surface area contributed by atoms with E-state index in [0.717, 1.165) is 32.1 Å². The van der Waals surface area contributed by atoms with Gasteiger partial charge in [-0.2, -0.15) is 0 Å². The van der Waals surface area contributed by atoms with Gasteiger partial charge in [-0.15, -0.1) is 0 Å². The number of hydrogen-bond acceptors (Lipinski definition) is 3. The van der Waals surface area contributed by atoms with Gasteiger partial charge in [-0.05, 0) is 78.9 Å². The number of carbonyl (C=O) groups excluding carboxylic acids is 2. The van der Waals surface area contributed by atoms with Crippen LogP contribution in [-0.2, 0) is 14.3 Å². The molecule has 5 aliphatic carbocycles. The Morgan fingerprint density at radius 1 is 1.00 bits per heavy atom. The lowest BCUT2D eigenvalue weighted by Gasteiger charge is -2.63. The van der Waals surface area contributed by atoms with E-state index in [2.05, 4.69) is 34.6 Å². The second-order valence-electron chi connectivity index (χ2n) is 13.1. The number of hydrogen-bond donors (Lipinski definition) is 0. The fourth-order valence-corrected chi connectivity index (χ4v) is 10.1. The number of ether oxygens (including phenoxy) is 1. The topological polar surface area (TPSA) is 43.4 Å². The zero-order valence-corrected chi connectivity index (χ0v) is 20.3. The Morgan fingerprint density at radius 3 is 2.33 bits per heavy atom. The van der Waals surface area contributed by atoms with Gasteiger partial charge in [0.2, 0.25) is 0 Å². The van der Waals surface area contributed by atoms with Gasteiger partial charge in [-0.1, -0.05) is 41.5 Å². The van der Waals surface area contributed by atoms with Crippen molar-refractivity contribution in [3.8, 4) is 0 Å². The number of fused-ring (bicyclic) bond motifs is 7. The molecule has 0 bridgehead atoms. The summed E-state index contributed by atoms with van der Waals surface area (Å²) >= 11 is 0. The fourth-order valence-electron chi connectivity index (χ4n) is 10.1. The van der Waals surface area contributed by atoms with Gasteiger partial charge in [0.15, 0.2) is 5.78 Å². The highest BCUT2D eigenvalue weighted by Gasteiger charge is 2.77. The molecule has 0 N–H and O–H groups in total. The van der Waals surface area contributed by atoms with Crippen LogP contribution in [0.4, 0.5) is 0 Å². The van der Waals surface area contributed by atoms with Crippen molar-refractivity contribution in [2.75, 3.05) is 7.11 Å². The minimum atomic E-state index is -0.584. The number of methoxy groups -OCH3 is 1. The van der Waals surface area contributed by atoms with Crippen LogP contribution in [0.3, 0.4) is 0 Å². The lowest BCUT2D eigenvalue weighted by atomic mass is 9.42. The summed E-state index contributed by atoms with van der Waals surface area (Å²) in [7, 11) is 1.78. The van der Waals surface area contributed by atoms with Crippen LogP contribution < -0.4 is 0 Å². The minimum Gasteiger partial charge on any atom is -0.370 e. The molecule has 5 aliphatic rings. The summed E-state index contributed by atoms with van der Waals surface area (Å²) in [5.41, 5.74) is -0.315. The SMILES string of the molecule is CCC(=O)[C@@]1(OC)CCC2C3CC(C)(C)C4CC(=O)C5(C)CC5(C)C4C3CC[C@@]21C. The molecule has 0 aromatic rings. The summed E-state index contributed by atoms with van der Waals surface area (Å²) in [5, 5.41) is 0. The molecule has 0 aromatic heterocycles. The first-order chi connectivity index (χ1) is 13.9. The summed E-state index contributed by atoms with van der Waals surface area (Å²) in [5.74, 6) is 3.98. The van der Waals surface area contributed by atoms with Gasteiger partial charge < -0.3 is 4.74 Å². The first-order valence-electron chi connectivity index (χ1n) is 12.5. The van der Waals surface area contributed by atoms with Crippen LogP contribution in [0.5, 0.6) is 0 Å². The van der Waals surface area contributed by atoms with Crippen molar-refractivity contribution in [2.24, 2.45) is 51.2 Å². The third kappa shape index (κ3) is 2.17. The molecular weight excluding hydrogens is 372 g/mol.